The van der Waals surface area contributed by atoms with E-state index in [4.69, 9.17) is 0 Å². The number of carbonyl (C=O) groups excluding carboxylic acids is 1. The van der Waals surface area contributed by atoms with Crippen LogP contribution in [-0.2, 0) is 4.79 Å². The fourth-order valence-electron chi connectivity index (χ4n) is 2.03. The number of halogens is 1. The van der Waals surface area contributed by atoms with Gasteiger partial charge < -0.3 is 0 Å². The fourth-order valence-corrected chi connectivity index (χ4v) is 3.63. The highest BCUT2D eigenvalue weighted by molar-refractivity contribution is 8.18. The number of rotatable bonds is 4. The topological polar surface area (TPSA) is 58.5 Å². The summed E-state index contributed by atoms with van der Waals surface area (Å²) in [5.41, 5.74) is 0.361. The van der Waals surface area contributed by atoms with Gasteiger partial charge in [0.25, 0.3) is 5.91 Å². The summed E-state index contributed by atoms with van der Waals surface area (Å²) < 4.78 is 13.8. The molecule has 1 aliphatic rings. The van der Waals surface area contributed by atoms with E-state index in [9.17, 15) is 9.18 Å². The number of hydrogen-bond acceptors (Lipinski definition) is 6. The van der Waals surface area contributed by atoms with Crippen molar-refractivity contribution in [2.24, 2.45) is 4.99 Å². The third-order valence-corrected chi connectivity index (χ3v) is 4.84. The average Bonchev–Trinajstić information content (AvgIpc) is 3.09. The summed E-state index contributed by atoms with van der Waals surface area (Å²) in [4.78, 5) is 18.9. The van der Waals surface area contributed by atoms with Gasteiger partial charge in [-0.05, 0) is 30.8 Å². The van der Waals surface area contributed by atoms with Crippen LogP contribution in [0.15, 0.2) is 46.8 Å². The van der Waals surface area contributed by atoms with Crippen LogP contribution in [0.4, 0.5) is 9.52 Å². The molecule has 24 heavy (non-hydrogen) atoms. The Labute approximate surface area is 146 Å². The Morgan fingerprint density at radius 3 is 2.83 bits per heavy atom. The maximum Gasteiger partial charge on any atom is 0.267 e. The van der Waals surface area contributed by atoms with E-state index in [0.29, 0.717) is 27.3 Å². The highest BCUT2D eigenvalue weighted by atomic mass is 32.2. The molecule has 1 aromatic carbocycles. The molecule has 0 N–H and O–H groups in total. The van der Waals surface area contributed by atoms with E-state index in [1.165, 1.54) is 40.1 Å². The monoisotopic (exact) mass is 360 g/mol. The molecule has 2 heterocycles. The summed E-state index contributed by atoms with van der Waals surface area (Å²) in [6.45, 7) is 5.81. The van der Waals surface area contributed by atoms with Gasteiger partial charge in [-0.15, -0.1) is 16.8 Å². The maximum atomic E-state index is 13.8. The van der Waals surface area contributed by atoms with E-state index in [1.807, 2.05) is 6.92 Å². The van der Waals surface area contributed by atoms with Crippen molar-refractivity contribution in [3.05, 3.63) is 58.2 Å². The number of nitrogens with zero attached hydrogens (tertiary/aromatic N) is 4. The second-order valence-electron chi connectivity index (χ2n) is 4.83. The molecule has 0 spiro atoms. The van der Waals surface area contributed by atoms with E-state index in [1.54, 1.807) is 24.3 Å². The van der Waals surface area contributed by atoms with Gasteiger partial charge in [-0.2, -0.15) is 4.99 Å². The van der Waals surface area contributed by atoms with Crippen LogP contribution >= 0.6 is 23.1 Å². The van der Waals surface area contributed by atoms with Crippen LogP contribution in [0, 0.1) is 12.7 Å². The number of aromatic nitrogens is 2. The van der Waals surface area contributed by atoms with E-state index >= 15 is 0 Å². The SMILES string of the molecule is C=CCN1C(=O)/C(=C/c2ccccc2F)SC1=Nc1nnc(C)s1. The molecule has 3 rings (SSSR count). The van der Waals surface area contributed by atoms with Crippen molar-refractivity contribution in [3.63, 3.8) is 0 Å². The van der Waals surface area contributed by atoms with Crippen molar-refractivity contribution in [1.82, 2.24) is 15.1 Å². The number of thioether (sulfide) groups is 1. The van der Waals surface area contributed by atoms with Crippen LogP contribution in [0.2, 0.25) is 0 Å². The first-order valence-electron chi connectivity index (χ1n) is 7.04. The maximum absolute atomic E-state index is 13.8. The largest absolute Gasteiger partial charge is 0.282 e. The van der Waals surface area contributed by atoms with Gasteiger partial charge in [-0.1, -0.05) is 35.6 Å². The van der Waals surface area contributed by atoms with Crippen molar-refractivity contribution >= 4 is 45.4 Å². The summed E-state index contributed by atoms with van der Waals surface area (Å²) in [5.74, 6) is -0.609. The molecule has 1 aromatic heterocycles. The van der Waals surface area contributed by atoms with Crippen molar-refractivity contribution < 1.29 is 9.18 Å². The number of aliphatic imine (C=N–C) groups is 1. The average molecular weight is 360 g/mol. The lowest BCUT2D eigenvalue weighted by molar-refractivity contribution is -0.121. The van der Waals surface area contributed by atoms with Crippen molar-refractivity contribution in [1.29, 1.82) is 0 Å². The zero-order chi connectivity index (χ0) is 17.1. The number of amides is 1. The van der Waals surface area contributed by atoms with Crippen molar-refractivity contribution in [2.75, 3.05) is 6.54 Å². The number of benzene rings is 1. The molecule has 0 radical (unpaired) electrons. The lowest BCUT2D eigenvalue weighted by atomic mass is 10.2. The summed E-state index contributed by atoms with van der Waals surface area (Å²) in [6, 6.07) is 6.31. The Bertz CT molecular complexity index is 859. The van der Waals surface area contributed by atoms with Gasteiger partial charge >= 0.3 is 0 Å². The standard InChI is InChI=1S/C16H13FN4OS2/c1-3-8-21-14(22)13(9-11-6-4-5-7-12(11)17)24-16(21)18-15-20-19-10(2)23-15/h3-7,9H,1,8H2,2H3/b13-9-,18-16?. The van der Waals surface area contributed by atoms with E-state index < -0.39 is 0 Å². The predicted octanol–water partition coefficient (Wildman–Crippen LogP) is 3.78. The minimum absolute atomic E-state index is 0.233. The van der Waals surface area contributed by atoms with Gasteiger partial charge in [0, 0.05) is 12.1 Å². The molecule has 0 bridgehead atoms. The summed E-state index contributed by atoms with van der Waals surface area (Å²) in [5, 5.41) is 9.61. The van der Waals surface area contributed by atoms with E-state index in [2.05, 4.69) is 21.8 Å². The van der Waals surface area contributed by atoms with Crippen LogP contribution < -0.4 is 0 Å². The van der Waals surface area contributed by atoms with E-state index in [-0.39, 0.29) is 11.7 Å². The third-order valence-electron chi connectivity index (χ3n) is 3.10. The quantitative estimate of drug-likeness (QED) is 0.615. The molecular weight excluding hydrogens is 347 g/mol. The zero-order valence-electron chi connectivity index (χ0n) is 12.8. The van der Waals surface area contributed by atoms with Crippen LogP contribution in [0.25, 0.3) is 6.08 Å². The van der Waals surface area contributed by atoms with Crippen LogP contribution in [0.3, 0.4) is 0 Å². The lowest BCUT2D eigenvalue weighted by Crippen LogP contribution is -2.29. The highest BCUT2D eigenvalue weighted by Gasteiger charge is 2.33. The second kappa shape index (κ2) is 7.06. The molecule has 8 heteroatoms. The number of hydrogen-bond donors (Lipinski definition) is 0. The molecule has 0 saturated carbocycles. The molecule has 5 nitrogen and oxygen atoms in total. The predicted molar refractivity (Wildman–Crippen MR) is 95.6 cm³/mol. The van der Waals surface area contributed by atoms with Crippen molar-refractivity contribution in [2.45, 2.75) is 6.92 Å². The second-order valence-corrected chi connectivity index (χ2v) is 7.00. The van der Waals surface area contributed by atoms with E-state index in [0.717, 1.165) is 5.01 Å². The Morgan fingerprint density at radius 2 is 2.17 bits per heavy atom. The number of aryl methyl sites for hydroxylation is 1. The normalized spacial score (nSPS) is 17.9. The molecule has 1 saturated heterocycles. The van der Waals surface area contributed by atoms with Gasteiger partial charge in [0.15, 0.2) is 5.17 Å². The van der Waals surface area contributed by atoms with Gasteiger partial charge in [0.1, 0.15) is 10.8 Å². The molecule has 0 aliphatic carbocycles. The molecule has 122 valence electrons. The van der Waals surface area contributed by atoms with Crippen LogP contribution in [0.5, 0.6) is 0 Å². The summed E-state index contributed by atoms with van der Waals surface area (Å²) in [6.07, 6.45) is 3.15. The van der Waals surface area contributed by atoms with Gasteiger partial charge in [-0.25, -0.2) is 4.39 Å². The Hall–Kier alpha value is -2.32. The third kappa shape index (κ3) is 3.44. The minimum atomic E-state index is -0.376. The number of amidine groups is 1. The first-order chi connectivity index (χ1) is 11.6. The Morgan fingerprint density at radius 1 is 1.38 bits per heavy atom. The summed E-state index contributed by atoms with van der Waals surface area (Å²) >= 11 is 2.52. The molecule has 2 aromatic rings. The summed E-state index contributed by atoms with van der Waals surface area (Å²) in [7, 11) is 0. The zero-order valence-corrected chi connectivity index (χ0v) is 14.4. The first kappa shape index (κ1) is 16.5. The lowest BCUT2D eigenvalue weighted by Gasteiger charge is -2.11. The Kier molecular flexibility index (Phi) is 4.86. The molecule has 1 aliphatic heterocycles. The van der Waals surface area contributed by atoms with Crippen LogP contribution in [0.1, 0.15) is 10.6 Å². The molecule has 1 amide bonds. The minimum Gasteiger partial charge on any atom is -0.282 e. The molecular formula is C16H13FN4OS2. The smallest absolute Gasteiger partial charge is 0.267 e. The molecule has 0 unspecified atom stereocenters. The molecule has 0 atom stereocenters. The van der Waals surface area contributed by atoms with Gasteiger partial charge in [0.2, 0.25) is 5.13 Å². The number of carbonyl (C=O) groups is 1. The first-order valence-corrected chi connectivity index (χ1v) is 8.67. The molecule has 1 fully saturated rings. The van der Waals surface area contributed by atoms with Crippen molar-refractivity contribution in [3.8, 4) is 0 Å². The highest BCUT2D eigenvalue weighted by Crippen LogP contribution is 2.34. The van der Waals surface area contributed by atoms with Crippen LogP contribution in [-0.4, -0.2) is 32.7 Å². The van der Waals surface area contributed by atoms with Gasteiger partial charge in [-0.3, -0.25) is 9.69 Å². The Balaban J connectivity index is 1.96. The van der Waals surface area contributed by atoms with Gasteiger partial charge in [0.05, 0.1) is 4.91 Å². The fraction of sp³-hybridized carbons (Fsp3) is 0.125.